The Bertz CT molecular complexity index is 904. The predicted molar refractivity (Wildman–Crippen MR) is 105 cm³/mol. The van der Waals surface area contributed by atoms with Crippen LogP contribution >= 0.6 is 0 Å². The number of ether oxygens (including phenoxy) is 2. The number of hydrogen-bond donors (Lipinski definition) is 1. The van der Waals surface area contributed by atoms with E-state index >= 15 is 0 Å². The van der Waals surface area contributed by atoms with Crippen molar-refractivity contribution in [3.8, 4) is 5.75 Å². The molecule has 0 bridgehead atoms. The molecule has 2 aliphatic heterocycles. The monoisotopic (exact) mass is 388 g/mol. The van der Waals surface area contributed by atoms with Gasteiger partial charge in [-0.3, -0.25) is 4.72 Å². The summed E-state index contributed by atoms with van der Waals surface area (Å²) in [5.41, 5.74) is 2.59. The fourth-order valence-electron chi connectivity index (χ4n) is 3.63. The number of nitrogens with one attached hydrogen (secondary N) is 1. The molecule has 0 aromatic heterocycles. The van der Waals surface area contributed by atoms with Gasteiger partial charge < -0.3 is 14.4 Å². The highest BCUT2D eigenvalue weighted by molar-refractivity contribution is 7.92. The average Bonchev–Trinajstić information content (AvgIpc) is 3.16. The maximum absolute atomic E-state index is 12.7. The minimum atomic E-state index is -3.62. The van der Waals surface area contributed by atoms with E-state index in [9.17, 15) is 8.42 Å². The lowest BCUT2D eigenvalue weighted by atomic mass is 10.1. The first-order valence-electron chi connectivity index (χ1n) is 9.21. The van der Waals surface area contributed by atoms with Gasteiger partial charge in [0.25, 0.3) is 10.0 Å². The zero-order valence-electron chi connectivity index (χ0n) is 15.3. The average molecular weight is 388 g/mol. The Morgan fingerprint density at radius 3 is 2.56 bits per heavy atom. The molecule has 1 saturated heterocycles. The summed E-state index contributed by atoms with van der Waals surface area (Å²) in [4.78, 5) is 2.56. The first-order valence-corrected chi connectivity index (χ1v) is 10.7. The van der Waals surface area contributed by atoms with Crippen molar-refractivity contribution < 1.29 is 17.9 Å². The van der Waals surface area contributed by atoms with Crippen LogP contribution in [-0.2, 0) is 21.2 Å². The number of benzene rings is 2. The van der Waals surface area contributed by atoms with Gasteiger partial charge in [0, 0.05) is 38.0 Å². The van der Waals surface area contributed by atoms with Gasteiger partial charge in [-0.05, 0) is 60.9 Å². The summed E-state index contributed by atoms with van der Waals surface area (Å²) in [6.45, 7) is 2.50. The van der Waals surface area contributed by atoms with Gasteiger partial charge in [0.1, 0.15) is 5.75 Å². The number of methoxy groups -OCH3 is 1. The van der Waals surface area contributed by atoms with Crippen LogP contribution < -0.4 is 14.4 Å². The molecule has 1 N–H and O–H groups in total. The van der Waals surface area contributed by atoms with Crippen LogP contribution in [0.5, 0.6) is 5.75 Å². The second-order valence-electron chi connectivity index (χ2n) is 6.94. The molecule has 0 atom stereocenters. The predicted octanol–water partition coefficient (Wildman–Crippen LogP) is 3.04. The normalized spacial score (nSPS) is 17.4. The summed E-state index contributed by atoms with van der Waals surface area (Å²) in [5.74, 6) is 0.774. The van der Waals surface area contributed by atoms with Gasteiger partial charge in [-0.15, -0.1) is 0 Å². The molecule has 27 heavy (non-hydrogen) atoms. The van der Waals surface area contributed by atoms with Crippen LogP contribution in [0.25, 0.3) is 0 Å². The molecule has 2 aromatic rings. The number of rotatable bonds is 5. The second-order valence-corrected chi connectivity index (χ2v) is 8.62. The highest BCUT2D eigenvalue weighted by Gasteiger charge is 2.21. The van der Waals surface area contributed by atoms with Gasteiger partial charge in [0.15, 0.2) is 0 Å². The molecule has 0 spiro atoms. The lowest BCUT2D eigenvalue weighted by molar-refractivity contribution is 0.0819. The molecule has 0 saturated carbocycles. The number of anilines is 2. The quantitative estimate of drug-likeness (QED) is 0.853. The highest BCUT2D eigenvalue weighted by atomic mass is 32.2. The van der Waals surface area contributed by atoms with E-state index in [1.165, 1.54) is 0 Å². The van der Waals surface area contributed by atoms with Crippen LogP contribution in [0.1, 0.15) is 18.4 Å². The molecule has 0 aliphatic carbocycles. The Hall–Kier alpha value is -2.25. The van der Waals surface area contributed by atoms with Crippen LogP contribution in [0.3, 0.4) is 0 Å². The van der Waals surface area contributed by atoms with E-state index in [-0.39, 0.29) is 4.90 Å². The third-order valence-corrected chi connectivity index (χ3v) is 6.61. The van der Waals surface area contributed by atoms with Crippen molar-refractivity contribution in [1.82, 2.24) is 0 Å². The molecule has 2 aromatic carbocycles. The van der Waals surface area contributed by atoms with Gasteiger partial charge in [0.05, 0.1) is 17.6 Å². The Morgan fingerprint density at radius 2 is 1.85 bits per heavy atom. The van der Waals surface area contributed by atoms with Crippen molar-refractivity contribution >= 4 is 21.4 Å². The maximum Gasteiger partial charge on any atom is 0.261 e. The number of sulfonamides is 1. The maximum atomic E-state index is 12.7. The number of nitrogens with zero attached hydrogens (tertiary/aromatic N) is 1. The Labute approximate surface area is 160 Å². The standard InChI is InChI=1S/C20H24N2O4S/c1-25-18-8-11-22(12-9-18)17-4-2-16(3-5-17)21-27(23,24)19-6-7-20-15(14-19)10-13-26-20/h2-7,14,18,21H,8-13H2,1H3. The van der Waals surface area contributed by atoms with Gasteiger partial charge in [-0.2, -0.15) is 0 Å². The van der Waals surface area contributed by atoms with E-state index in [2.05, 4.69) is 9.62 Å². The van der Waals surface area contributed by atoms with Crippen molar-refractivity contribution in [3.63, 3.8) is 0 Å². The van der Waals surface area contributed by atoms with Crippen molar-refractivity contribution in [3.05, 3.63) is 48.0 Å². The van der Waals surface area contributed by atoms with Crippen LogP contribution in [0.15, 0.2) is 47.4 Å². The molecule has 144 valence electrons. The van der Waals surface area contributed by atoms with E-state index in [0.717, 1.165) is 49.4 Å². The SMILES string of the molecule is COC1CCN(c2ccc(NS(=O)(=O)c3ccc4c(c3)CCO4)cc2)CC1. The van der Waals surface area contributed by atoms with E-state index < -0.39 is 10.0 Å². The molecule has 6 nitrogen and oxygen atoms in total. The summed E-state index contributed by atoms with van der Waals surface area (Å²) >= 11 is 0. The number of fused-ring (bicyclic) bond motifs is 1. The Morgan fingerprint density at radius 1 is 1.11 bits per heavy atom. The summed E-state index contributed by atoms with van der Waals surface area (Å²) in [6.07, 6.45) is 3.09. The minimum Gasteiger partial charge on any atom is -0.493 e. The zero-order valence-corrected chi connectivity index (χ0v) is 16.2. The number of hydrogen-bond acceptors (Lipinski definition) is 5. The molecule has 0 radical (unpaired) electrons. The third kappa shape index (κ3) is 3.89. The van der Waals surface area contributed by atoms with Gasteiger partial charge >= 0.3 is 0 Å². The zero-order chi connectivity index (χ0) is 18.9. The summed E-state index contributed by atoms with van der Waals surface area (Å²) in [5, 5.41) is 0. The lowest BCUT2D eigenvalue weighted by Gasteiger charge is -2.33. The Balaban J connectivity index is 1.45. The minimum absolute atomic E-state index is 0.262. The topological polar surface area (TPSA) is 67.9 Å². The summed E-state index contributed by atoms with van der Waals surface area (Å²) in [6, 6.07) is 12.5. The molecule has 0 amide bonds. The number of piperidine rings is 1. The second kappa shape index (κ2) is 7.40. The van der Waals surface area contributed by atoms with Crippen LogP contribution in [-0.4, -0.2) is 41.3 Å². The van der Waals surface area contributed by atoms with E-state index in [1.54, 1.807) is 25.3 Å². The van der Waals surface area contributed by atoms with E-state index in [4.69, 9.17) is 9.47 Å². The smallest absolute Gasteiger partial charge is 0.261 e. The largest absolute Gasteiger partial charge is 0.493 e. The first kappa shape index (κ1) is 18.1. The van der Waals surface area contributed by atoms with Crippen molar-refractivity contribution in [2.75, 3.05) is 36.4 Å². The fraction of sp³-hybridized carbons (Fsp3) is 0.400. The third-order valence-electron chi connectivity index (χ3n) is 5.23. The molecule has 2 aliphatic rings. The Kier molecular flexibility index (Phi) is 4.97. The molecule has 7 heteroatoms. The van der Waals surface area contributed by atoms with Crippen molar-refractivity contribution in [2.24, 2.45) is 0 Å². The summed E-state index contributed by atoms with van der Waals surface area (Å²) in [7, 11) is -1.86. The van der Waals surface area contributed by atoms with Gasteiger partial charge in [-0.1, -0.05) is 0 Å². The molecule has 2 heterocycles. The van der Waals surface area contributed by atoms with E-state index in [0.29, 0.717) is 18.4 Å². The molecule has 4 rings (SSSR count). The van der Waals surface area contributed by atoms with Gasteiger partial charge in [-0.25, -0.2) is 8.42 Å². The lowest BCUT2D eigenvalue weighted by Crippen LogP contribution is -2.36. The molecular formula is C20H24N2O4S. The molecule has 1 fully saturated rings. The molecular weight excluding hydrogens is 364 g/mol. The highest BCUT2D eigenvalue weighted by Crippen LogP contribution is 2.29. The van der Waals surface area contributed by atoms with Gasteiger partial charge in [0.2, 0.25) is 0 Å². The first-order chi connectivity index (χ1) is 13.0. The fourth-order valence-corrected chi connectivity index (χ4v) is 4.74. The molecule has 0 unspecified atom stereocenters. The van der Waals surface area contributed by atoms with Crippen LogP contribution in [0.2, 0.25) is 0 Å². The van der Waals surface area contributed by atoms with Crippen LogP contribution in [0, 0.1) is 0 Å². The van der Waals surface area contributed by atoms with E-state index in [1.807, 2.05) is 24.3 Å². The van der Waals surface area contributed by atoms with Crippen molar-refractivity contribution in [1.29, 1.82) is 0 Å². The summed E-state index contributed by atoms with van der Waals surface area (Å²) < 4.78 is 38.9. The van der Waals surface area contributed by atoms with Crippen LogP contribution in [0.4, 0.5) is 11.4 Å². The van der Waals surface area contributed by atoms with Crippen molar-refractivity contribution in [2.45, 2.75) is 30.3 Å².